The van der Waals surface area contributed by atoms with E-state index in [4.69, 9.17) is 0 Å². The number of hydrogen-bond donors (Lipinski definition) is 3. The van der Waals surface area contributed by atoms with E-state index < -0.39 is 0 Å². The van der Waals surface area contributed by atoms with Gasteiger partial charge in [0.15, 0.2) is 6.29 Å². The van der Waals surface area contributed by atoms with Gasteiger partial charge in [-0.25, -0.2) is 0 Å². The van der Waals surface area contributed by atoms with Crippen molar-refractivity contribution in [3.05, 3.63) is 57.3 Å². The number of benzene rings is 1. The molecule has 2 aliphatic rings. The number of rotatable bonds is 11. The molecule has 1 aromatic carbocycles. The Balaban J connectivity index is 1.81. The summed E-state index contributed by atoms with van der Waals surface area (Å²) < 4.78 is 0. The molecule has 182 valence electrons. The summed E-state index contributed by atoms with van der Waals surface area (Å²) in [6.45, 7) is 12.7. The summed E-state index contributed by atoms with van der Waals surface area (Å²) in [5.41, 5.74) is 9.30. The van der Waals surface area contributed by atoms with Gasteiger partial charge in [-0.2, -0.15) is 12.6 Å². The third-order valence-electron chi connectivity index (χ3n) is 7.57. The maximum absolute atomic E-state index is 11.7. The van der Waals surface area contributed by atoms with Crippen LogP contribution in [0.15, 0.2) is 35.1 Å². The van der Waals surface area contributed by atoms with Crippen molar-refractivity contribution >= 4 is 18.9 Å². The number of thiol groups is 1. The second-order valence-corrected chi connectivity index (χ2v) is 11.1. The zero-order chi connectivity index (χ0) is 24.0. The zero-order valence-corrected chi connectivity index (χ0v) is 22.2. The van der Waals surface area contributed by atoms with E-state index in [0.29, 0.717) is 11.8 Å². The van der Waals surface area contributed by atoms with Crippen molar-refractivity contribution in [3.8, 4) is 0 Å². The van der Waals surface area contributed by atoms with Crippen LogP contribution in [0, 0.1) is 12.8 Å². The van der Waals surface area contributed by atoms with E-state index in [9.17, 15) is 4.79 Å². The Morgan fingerprint density at radius 1 is 1.24 bits per heavy atom. The number of aldehydes is 1. The lowest BCUT2D eigenvalue weighted by atomic mass is 9.81. The molecular formula is C29H44N2OS. The molecule has 1 aliphatic heterocycles. The van der Waals surface area contributed by atoms with Gasteiger partial charge in [0.05, 0.1) is 5.70 Å². The molecule has 1 heterocycles. The Labute approximate surface area is 207 Å². The summed E-state index contributed by atoms with van der Waals surface area (Å²) >= 11 is 4.63. The summed E-state index contributed by atoms with van der Waals surface area (Å²) in [6.07, 6.45) is 12.2. The molecule has 1 aromatic rings. The predicted molar refractivity (Wildman–Crippen MR) is 144 cm³/mol. The maximum Gasteiger partial charge on any atom is 0.165 e. The molecule has 2 N–H and O–H groups in total. The number of aryl methyl sites for hydroxylation is 2. The fourth-order valence-corrected chi connectivity index (χ4v) is 6.12. The molecule has 0 saturated heterocycles. The summed E-state index contributed by atoms with van der Waals surface area (Å²) in [5.74, 6) is 0.821. The molecular weight excluding hydrogens is 424 g/mol. The first-order chi connectivity index (χ1) is 15.8. The standard InChI is InChI=1S/C29H44N2OS/c1-6-7-8-11-23-14-20(3)28(24-12-9-10-19(2)13-24)25(15-23)16-30-17-26-21(4)29(22(5)33)31-27(26)18-32/h13-15,18,21-22,24,29-31,33H,6-12,16-17H2,1-5H3. The number of nitrogens with one attached hydrogen (secondary N) is 2. The van der Waals surface area contributed by atoms with E-state index >= 15 is 0 Å². The molecule has 33 heavy (non-hydrogen) atoms. The SMILES string of the molecule is CCCCCc1cc(C)c(C2C=C(C)CCC2)c(CNCC2=C(C=O)NC(C(C)S)C2C)c1. The topological polar surface area (TPSA) is 41.1 Å². The van der Waals surface area contributed by atoms with Crippen LogP contribution in [0.2, 0.25) is 0 Å². The second kappa shape index (κ2) is 12.3. The van der Waals surface area contributed by atoms with Crippen molar-refractivity contribution < 1.29 is 4.79 Å². The van der Waals surface area contributed by atoms with E-state index in [0.717, 1.165) is 31.5 Å². The highest BCUT2D eigenvalue weighted by Crippen LogP contribution is 2.36. The van der Waals surface area contributed by atoms with E-state index in [1.165, 1.54) is 71.9 Å². The average Bonchev–Trinajstić information content (AvgIpc) is 3.09. The normalized spacial score (nSPS) is 23.9. The van der Waals surface area contributed by atoms with Crippen LogP contribution in [0.5, 0.6) is 0 Å². The van der Waals surface area contributed by atoms with Crippen LogP contribution >= 0.6 is 12.6 Å². The van der Waals surface area contributed by atoms with E-state index in [1.54, 1.807) is 0 Å². The zero-order valence-electron chi connectivity index (χ0n) is 21.3. The van der Waals surface area contributed by atoms with Gasteiger partial charge < -0.3 is 10.6 Å². The van der Waals surface area contributed by atoms with Gasteiger partial charge in [-0.3, -0.25) is 4.79 Å². The fourth-order valence-electron chi connectivity index (χ4n) is 5.79. The number of hydrogen-bond acceptors (Lipinski definition) is 4. The Kier molecular flexibility index (Phi) is 9.69. The molecule has 3 nitrogen and oxygen atoms in total. The fraction of sp³-hybridized carbons (Fsp3) is 0.621. The molecule has 0 spiro atoms. The lowest BCUT2D eigenvalue weighted by Gasteiger charge is -2.26. The second-order valence-electron chi connectivity index (χ2n) is 10.3. The molecule has 3 rings (SSSR count). The van der Waals surface area contributed by atoms with Gasteiger partial charge in [-0.1, -0.05) is 57.4 Å². The van der Waals surface area contributed by atoms with E-state index in [2.05, 4.69) is 76.1 Å². The van der Waals surface area contributed by atoms with Crippen LogP contribution in [-0.2, 0) is 17.8 Å². The lowest BCUT2D eigenvalue weighted by molar-refractivity contribution is -0.105. The first-order valence-corrected chi connectivity index (χ1v) is 13.5. The van der Waals surface area contributed by atoms with Crippen LogP contribution in [0.25, 0.3) is 0 Å². The van der Waals surface area contributed by atoms with Crippen molar-refractivity contribution in [1.29, 1.82) is 0 Å². The predicted octanol–water partition coefficient (Wildman–Crippen LogP) is 6.41. The van der Waals surface area contributed by atoms with Crippen LogP contribution in [-0.4, -0.2) is 24.1 Å². The lowest BCUT2D eigenvalue weighted by Crippen LogP contribution is -2.35. The first-order valence-electron chi connectivity index (χ1n) is 13.0. The highest BCUT2D eigenvalue weighted by molar-refractivity contribution is 7.81. The minimum atomic E-state index is 0.197. The molecule has 0 aromatic heterocycles. The molecule has 4 heteroatoms. The van der Waals surface area contributed by atoms with Crippen molar-refractivity contribution in [2.24, 2.45) is 5.92 Å². The highest BCUT2D eigenvalue weighted by atomic mass is 32.1. The van der Waals surface area contributed by atoms with Gasteiger partial charge in [0.1, 0.15) is 0 Å². The molecule has 0 amide bonds. The van der Waals surface area contributed by atoms with E-state index in [-0.39, 0.29) is 11.3 Å². The third kappa shape index (κ3) is 6.54. The Morgan fingerprint density at radius 3 is 2.70 bits per heavy atom. The Hall–Kier alpha value is -1.52. The highest BCUT2D eigenvalue weighted by Gasteiger charge is 2.33. The first kappa shape index (κ1) is 26.1. The monoisotopic (exact) mass is 468 g/mol. The average molecular weight is 469 g/mol. The summed E-state index contributed by atoms with van der Waals surface area (Å²) in [4.78, 5) is 11.7. The van der Waals surface area contributed by atoms with Crippen molar-refractivity contribution in [2.45, 2.75) is 103 Å². The maximum atomic E-state index is 11.7. The molecule has 1 aliphatic carbocycles. The molecule has 4 atom stereocenters. The van der Waals surface area contributed by atoms with Crippen molar-refractivity contribution in [3.63, 3.8) is 0 Å². The number of carbonyl (C=O) groups is 1. The quantitative estimate of drug-likeness (QED) is 0.152. The van der Waals surface area contributed by atoms with Crippen LogP contribution < -0.4 is 10.6 Å². The largest absolute Gasteiger partial charge is 0.378 e. The number of unbranched alkanes of at least 4 members (excludes halogenated alkanes) is 2. The summed E-state index contributed by atoms with van der Waals surface area (Å²) in [7, 11) is 0. The van der Waals surface area contributed by atoms with Gasteiger partial charge in [0, 0.05) is 36.2 Å². The number of allylic oxidation sites excluding steroid dienone is 3. The molecule has 4 unspecified atom stereocenters. The van der Waals surface area contributed by atoms with Gasteiger partial charge >= 0.3 is 0 Å². The van der Waals surface area contributed by atoms with E-state index in [1.807, 2.05) is 0 Å². The summed E-state index contributed by atoms with van der Waals surface area (Å²) in [5, 5.41) is 7.30. The van der Waals surface area contributed by atoms with Crippen molar-refractivity contribution in [1.82, 2.24) is 10.6 Å². The minimum absolute atomic E-state index is 0.197. The molecule has 0 bridgehead atoms. The Bertz CT molecular complexity index is 886. The number of carbonyl (C=O) groups excluding carboxylic acids is 1. The minimum Gasteiger partial charge on any atom is -0.378 e. The summed E-state index contributed by atoms with van der Waals surface area (Å²) in [6, 6.07) is 5.09. The van der Waals surface area contributed by atoms with Gasteiger partial charge in [0.25, 0.3) is 0 Å². The molecule has 0 radical (unpaired) electrons. The van der Waals surface area contributed by atoms with Crippen LogP contribution in [0.1, 0.15) is 94.4 Å². The Morgan fingerprint density at radius 2 is 2.03 bits per heavy atom. The third-order valence-corrected chi connectivity index (χ3v) is 7.89. The van der Waals surface area contributed by atoms with Gasteiger partial charge in [-0.05, 0) is 73.8 Å². The van der Waals surface area contributed by atoms with Crippen LogP contribution in [0.3, 0.4) is 0 Å². The van der Waals surface area contributed by atoms with Crippen molar-refractivity contribution in [2.75, 3.05) is 6.54 Å². The molecule has 0 fully saturated rings. The van der Waals surface area contributed by atoms with Gasteiger partial charge in [0.2, 0.25) is 0 Å². The van der Waals surface area contributed by atoms with Crippen LogP contribution in [0.4, 0.5) is 0 Å². The van der Waals surface area contributed by atoms with Gasteiger partial charge in [-0.15, -0.1) is 0 Å². The molecule has 0 saturated carbocycles. The smallest absolute Gasteiger partial charge is 0.165 e.